The third-order valence-electron chi connectivity index (χ3n) is 8.88. The zero-order valence-electron chi connectivity index (χ0n) is 24.0. The highest BCUT2D eigenvalue weighted by Crippen LogP contribution is 2.49. The van der Waals surface area contributed by atoms with Gasteiger partial charge in [-0.3, -0.25) is 0 Å². The molecule has 0 unspecified atom stereocenters. The van der Waals surface area contributed by atoms with E-state index in [4.69, 9.17) is 33.2 Å². The van der Waals surface area contributed by atoms with Crippen LogP contribution in [0, 0.1) is 17.8 Å². The van der Waals surface area contributed by atoms with E-state index in [2.05, 4.69) is 26.0 Å². The molecular formula is C32H44O8. The van der Waals surface area contributed by atoms with E-state index in [0.717, 1.165) is 11.1 Å². The lowest BCUT2D eigenvalue weighted by atomic mass is 9.76. The molecule has 220 valence electrons. The normalized spacial score (nSPS) is 37.8. The van der Waals surface area contributed by atoms with E-state index >= 15 is 0 Å². The number of hydrogen-bond donors (Lipinski definition) is 1. The van der Waals surface area contributed by atoms with Gasteiger partial charge in [0.05, 0.1) is 50.8 Å². The smallest absolute Gasteiger partial charge is 0.174 e. The number of aliphatic hydroxyl groups excluding tert-OH is 1. The predicted octanol–water partition coefficient (Wildman–Crippen LogP) is 4.33. The zero-order chi connectivity index (χ0) is 28.1. The lowest BCUT2D eigenvalue weighted by Crippen LogP contribution is -2.61. The maximum absolute atomic E-state index is 11.4. The minimum absolute atomic E-state index is 0.0277. The molecule has 2 aromatic rings. The highest BCUT2D eigenvalue weighted by atomic mass is 16.7. The van der Waals surface area contributed by atoms with Crippen molar-refractivity contribution in [3.63, 3.8) is 0 Å². The molecule has 0 saturated carbocycles. The molecular weight excluding hydrogens is 512 g/mol. The van der Waals surface area contributed by atoms with Crippen molar-refractivity contribution in [2.45, 2.75) is 82.8 Å². The summed E-state index contributed by atoms with van der Waals surface area (Å²) in [6.45, 7) is 8.07. The van der Waals surface area contributed by atoms with Crippen molar-refractivity contribution < 1.29 is 38.3 Å². The lowest BCUT2D eigenvalue weighted by Gasteiger charge is -2.51. The van der Waals surface area contributed by atoms with Crippen molar-refractivity contribution in [1.82, 2.24) is 0 Å². The second-order valence-electron chi connectivity index (χ2n) is 11.5. The maximum Gasteiger partial charge on any atom is 0.174 e. The van der Waals surface area contributed by atoms with Gasteiger partial charge in [-0.1, -0.05) is 81.4 Å². The molecule has 3 aliphatic rings. The third kappa shape index (κ3) is 6.45. The Kier molecular flexibility index (Phi) is 9.92. The van der Waals surface area contributed by atoms with Crippen LogP contribution in [-0.2, 0) is 46.4 Å². The molecule has 10 atom stereocenters. The molecule has 0 amide bonds. The minimum atomic E-state index is -0.823. The van der Waals surface area contributed by atoms with E-state index in [0.29, 0.717) is 26.2 Å². The highest BCUT2D eigenvalue weighted by Gasteiger charge is 2.60. The van der Waals surface area contributed by atoms with Gasteiger partial charge in [-0.2, -0.15) is 0 Å². The van der Waals surface area contributed by atoms with Crippen molar-refractivity contribution >= 4 is 0 Å². The van der Waals surface area contributed by atoms with Gasteiger partial charge in [0.1, 0.15) is 19.0 Å². The summed E-state index contributed by atoms with van der Waals surface area (Å²) >= 11 is 0. The summed E-state index contributed by atoms with van der Waals surface area (Å²) in [4.78, 5) is 0. The van der Waals surface area contributed by atoms with Gasteiger partial charge >= 0.3 is 0 Å². The second-order valence-corrected chi connectivity index (χ2v) is 11.5. The number of methoxy groups -OCH3 is 1. The second kappa shape index (κ2) is 13.4. The molecule has 0 bridgehead atoms. The Morgan fingerprint density at radius 3 is 2.17 bits per heavy atom. The van der Waals surface area contributed by atoms with Crippen LogP contribution in [0.4, 0.5) is 0 Å². The molecule has 2 aromatic carbocycles. The average Bonchev–Trinajstić information content (AvgIpc) is 3.36. The van der Waals surface area contributed by atoms with Gasteiger partial charge in [0.15, 0.2) is 5.79 Å². The molecule has 0 aromatic heterocycles. The Bertz CT molecular complexity index is 1040. The Hall–Kier alpha value is -1.88. The fraction of sp³-hybridized carbons (Fsp3) is 0.625. The number of hydrogen-bond acceptors (Lipinski definition) is 8. The summed E-state index contributed by atoms with van der Waals surface area (Å²) in [5.74, 6) is -1.01. The topological polar surface area (TPSA) is 84.8 Å². The van der Waals surface area contributed by atoms with Gasteiger partial charge in [0.25, 0.3) is 0 Å². The lowest BCUT2D eigenvalue weighted by molar-refractivity contribution is -0.341. The first-order valence-electron chi connectivity index (χ1n) is 14.4. The molecule has 5 rings (SSSR count). The molecule has 1 N–H and O–H groups in total. The Morgan fingerprint density at radius 2 is 1.52 bits per heavy atom. The quantitative estimate of drug-likeness (QED) is 0.342. The molecule has 0 aliphatic carbocycles. The van der Waals surface area contributed by atoms with Gasteiger partial charge < -0.3 is 38.3 Å². The Morgan fingerprint density at radius 1 is 0.875 bits per heavy atom. The van der Waals surface area contributed by atoms with Gasteiger partial charge in [0.2, 0.25) is 0 Å². The van der Waals surface area contributed by atoms with Crippen molar-refractivity contribution in [2.24, 2.45) is 17.8 Å². The maximum atomic E-state index is 11.4. The van der Waals surface area contributed by atoms with E-state index in [-0.39, 0.29) is 43.4 Å². The van der Waals surface area contributed by atoms with E-state index in [1.165, 1.54) is 0 Å². The van der Waals surface area contributed by atoms with Crippen LogP contribution in [0.3, 0.4) is 0 Å². The first-order valence-corrected chi connectivity index (χ1v) is 14.4. The third-order valence-corrected chi connectivity index (χ3v) is 8.88. The Balaban J connectivity index is 1.36. The first-order chi connectivity index (χ1) is 19.4. The van der Waals surface area contributed by atoms with Crippen LogP contribution >= 0.6 is 0 Å². The molecule has 3 heterocycles. The summed E-state index contributed by atoms with van der Waals surface area (Å²) in [5.41, 5.74) is 2.19. The number of aliphatic hydroxyl groups is 1. The number of ether oxygens (including phenoxy) is 7. The molecule has 8 heteroatoms. The summed E-state index contributed by atoms with van der Waals surface area (Å²) < 4.78 is 43.6. The molecule has 3 aliphatic heterocycles. The number of fused-ring (bicyclic) bond motifs is 1. The van der Waals surface area contributed by atoms with Crippen LogP contribution in [0.1, 0.15) is 38.3 Å². The summed E-state index contributed by atoms with van der Waals surface area (Å²) in [6.07, 6.45) is -1.99. The highest BCUT2D eigenvalue weighted by molar-refractivity contribution is 5.14. The summed E-state index contributed by atoms with van der Waals surface area (Å²) in [6, 6.07) is 20.2. The van der Waals surface area contributed by atoms with Crippen LogP contribution in [0.2, 0.25) is 0 Å². The molecule has 3 fully saturated rings. The number of benzene rings is 2. The van der Waals surface area contributed by atoms with Crippen LogP contribution in [-0.4, -0.2) is 74.6 Å². The summed E-state index contributed by atoms with van der Waals surface area (Å²) in [5, 5.41) is 11.4. The fourth-order valence-corrected chi connectivity index (χ4v) is 6.32. The van der Waals surface area contributed by atoms with E-state index in [1.807, 2.05) is 55.5 Å². The Labute approximate surface area is 237 Å². The van der Waals surface area contributed by atoms with Gasteiger partial charge in [-0.05, 0) is 17.0 Å². The van der Waals surface area contributed by atoms with Crippen LogP contribution < -0.4 is 0 Å². The van der Waals surface area contributed by atoms with Crippen LogP contribution in [0.5, 0.6) is 0 Å². The average molecular weight is 557 g/mol. The number of rotatable bonds is 10. The standard InChI is InChI=1S/C32H44O8/c1-21-23(3)32(15-26(18-38-32)36-16-24-11-7-5-8-12-24)40-31-29(37-17-25-13-9-6-10-14-25)22(2)28(33)27(39-30(21)31)19-35-20-34-4/h5-14,21-23,26-31,33H,15-20H2,1-4H3/t21-,22+,23-,26-,27-,28+,29-,30+,31-,32+/m0/s1. The molecule has 1 spiro atoms. The van der Waals surface area contributed by atoms with Crippen molar-refractivity contribution in [3.05, 3.63) is 71.8 Å². The van der Waals surface area contributed by atoms with Crippen LogP contribution in [0.15, 0.2) is 60.7 Å². The van der Waals surface area contributed by atoms with E-state index < -0.39 is 30.2 Å². The minimum Gasteiger partial charge on any atom is -0.390 e. The molecule has 0 radical (unpaired) electrons. The van der Waals surface area contributed by atoms with Crippen molar-refractivity contribution in [1.29, 1.82) is 0 Å². The van der Waals surface area contributed by atoms with Gasteiger partial charge in [-0.25, -0.2) is 0 Å². The first kappa shape index (κ1) is 29.6. The molecule has 40 heavy (non-hydrogen) atoms. The SMILES string of the molecule is COCOC[C@@H]1O[C@@H]2[C@@H](C)[C@H](C)[C@@]3(C[C@H](OCc4ccccc4)CO3)O[C@H]2[C@@H](OCc2ccccc2)[C@H](C)[C@H]1O. The van der Waals surface area contributed by atoms with Gasteiger partial charge in [0, 0.05) is 25.4 Å². The largest absolute Gasteiger partial charge is 0.390 e. The molecule has 8 nitrogen and oxygen atoms in total. The van der Waals surface area contributed by atoms with Crippen molar-refractivity contribution in [3.8, 4) is 0 Å². The van der Waals surface area contributed by atoms with Crippen molar-refractivity contribution in [2.75, 3.05) is 27.1 Å². The predicted molar refractivity (Wildman–Crippen MR) is 148 cm³/mol. The van der Waals surface area contributed by atoms with Crippen LogP contribution in [0.25, 0.3) is 0 Å². The summed E-state index contributed by atoms with van der Waals surface area (Å²) in [7, 11) is 1.58. The fourth-order valence-electron chi connectivity index (χ4n) is 6.32. The van der Waals surface area contributed by atoms with Gasteiger partial charge in [-0.15, -0.1) is 0 Å². The van der Waals surface area contributed by atoms with E-state index in [9.17, 15) is 5.11 Å². The van der Waals surface area contributed by atoms with E-state index in [1.54, 1.807) is 7.11 Å². The monoisotopic (exact) mass is 556 g/mol. The molecule has 3 saturated heterocycles. The zero-order valence-corrected chi connectivity index (χ0v) is 24.0.